The second-order valence-corrected chi connectivity index (χ2v) is 7.00. The van der Waals surface area contributed by atoms with E-state index in [1.54, 1.807) is 18.2 Å². The lowest BCUT2D eigenvalue weighted by Crippen LogP contribution is -2.18. The Bertz CT molecular complexity index is 798. The maximum Gasteiger partial charge on any atom is 0.159 e. The normalized spacial score (nSPS) is 11.0. The van der Waals surface area contributed by atoms with Crippen molar-refractivity contribution in [1.29, 1.82) is 5.26 Å². The van der Waals surface area contributed by atoms with Crippen molar-refractivity contribution >= 4 is 11.5 Å². The van der Waals surface area contributed by atoms with Crippen molar-refractivity contribution in [2.24, 2.45) is 0 Å². The van der Waals surface area contributed by atoms with Gasteiger partial charge in [0.05, 0.1) is 23.5 Å². The molecule has 4 nitrogen and oxygen atoms in total. The molecular weight excluding hydrogens is 312 g/mol. The minimum absolute atomic E-state index is 0.0196. The van der Waals surface area contributed by atoms with Crippen LogP contribution in [0.25, 0.3) is 0 Å². The number of nitrogens with one attached hydrogen (secondary N) is 1. The smallest absolute Gasteiger partial charge is 0.159 e. The van der Waals surface area contributed by atoms with Gasteiger partial charge in [-0.25, -0.2) is 0 Å². The summed E-state index contributed by atoms with van der Waals surface area (Å²) in [6.07, 6.45) is 0. The Morgan fingerprint density at radius 2 is 1.88 bits per heavy atom. The summed E-state index contributed by atoms with van der Waals surface area (Å²) in [7, 11) is 0. The molecule has 0 saturated carbocycles. The first kappa shape index (κ1) is 18.7. The van der Waals surface area contributed by atoms with Gasteiger partial charge in [-0.3, -0.25) is 4.79 Å². The van der Waals surface area contributed by atoms with Crippen molar-refractivity contribution in [1.82, 2.24) is 0 Å². The molecule has 0 saturated heterocycles. The Morgan fingerprint density at radius 1 is 1.16 bits per heavy atom. The summed E-state index contributed by atoms with van der Waals surface area (Å²) in [5.74, 6) is -0.0196. The molecule has 4 heteroatoms. The molecule has 0 bridgehead atoms. The van der Waals surface area contributed by atoms with E-state index in [0.717, 1.165) is 11.1 Å². The fourth-order valence-corrected chi connectivity index (χ4v) is 2.33. The monoisotopic (exact) mass is 336 g/mol. The lowest BCUT2D eigenvalue weighted by molar-refractivity contribution is -0.0149. The zero-order valence-electron chi connectivity index (χ0n) is 15.2. The predicted octanol–water partition coefficient (Wildman–Crippen LogP) is 4.69. The largest absolute Gasteiger partial charge is 0.380 e. The van der Waals surface area contributed by atoms with Gasteiger partial charge in [-0.1, -0.05) is 24.3 Å². The number of rotatable bonds is 6. The van der Waals surface area contributed by atoms with Crippen molar-refractivity contribution in [2.75, 3.05) is 5.32 Å². The Kier molecular flexibility index (Phi) is 5.95. The van der Waals surface area contributed by atoms with Gasteiger partial charge in [-0.05, 0) is 57.0 Å². The van der Waals surface area contributed by atoms with Crippen LogP contribution >= 0.6 is 0 Å². The summed E-state index contributed by atoms with van der Waals surface area (Å²) in [6, 6.07) is 15.4. The highest BCUT2D eigenvalue weighted by Crippen LogP contribution is 2.19. The summed E-state index contributed by atoms with van der Waals surface area (Å²) in [6.45, 7) is 8.74. The fraction of sp³-hybridized carbons (Fsp3) is 0.333. The van der Waals surface area contributed by atoms with Crippen LogP contribution in [0.15, 0.2) is 42.5 Å². The van der Waals surface area contributed by atoms with Gasteiger partial charge in [0.1, 0.15) is 6.07 Å². The highest BCUT2D eigenvalue weighted by Gasteiger charge is 2.10. The van der Waals surface area contributed by atoms with Crippen LogP contribution in [0, 0.1) is 11.3 Å². The van der Waals surface area contributed by atoms with Crippen LogP contribution in [0.5, 0.6) is 0 Å². The van der Waals surface area contributed by atoms with Gasteiger partial charge >= 0.3 is 0 Å². The molecule has 0 amide bonds. The number of hydrogen-bond acceptors (Lipinski definition) is 4. The zero-order valence-corrected chi connectivity index (χ0v) is 15.2. The molecule has 1 N–H and O–H groups in total. The third-order valence-corrected chi connectivity index (χ3v) is 3.69. The summed E-state index contributed by atoms with van der Waals surface area (Å²) >= 11 is 0. The summed E-state index contributed by atoms with van der Waals surface area (Å²) in [5, 5.41) is 12.5. The number of benzene rings is 2. The van der Waals surface area contributed by atoms with Crippen molar-refractivity contribution < 1.29 is 9.53 Å². The van der Waals surface area contributed by atoms with E-state index in [-0.39, 0.29) is 11.4 Å². The number of nitriles is 1. The van der Waals surface area contributed by atoms with E-state index < -0.39 is 0 Å². The predicted molar refractivity (Wildman–Crippen MR) is 99.5 cm³/mol. The van der Waals surface area contributed by atoms with Crippen LogP contribution in [-0.4, -0.2) is 11.4 Å². The van der Waals surface area contributed by atoms with Gasteiger partial charge in [0.2, 0.25) is 0 Å². The van der Waals surface area contributed by atoms with Gasteiger partial charge in [0, 0.05) is 12.1 Å². The molecule has 0 aromatic heterocycles. The van der Waals surface area contributed by atoms with Crippen LogP contribution < -0.4 is 5.32 Å². The Labute approximate surface area is 149 Å². The molecule has 0 radical (unpaired) electrons. The topological polar surface area (TPSA) is 62.1 Å². The maximum absolute atomic E-state index is 11.5. The second kappa shape index (κ2) is 7.96. The molecule has 0 unspecified atom stereocenters. The van der Waals surface area contributed by atoms with Gasteiger partial charge in [0.25, 0.3) is 0 Å². The SMILES string of the molecule is CC(=O)c1ccc(C#N)c(NCc2cccc(COC(C)(C)C)c2)c1. The standard InChI is InChI=1S/C21H24N2O2/c1-15(24)18-8-9-19(12-22)20(11-18)23-13-16-6-5-7-17(10-16)14-25-21(2,3)4/h5-11,23H,13-14H2,1-4H3. The Balaban J connectivity index is 2.10. The molecule has 0 heterocycles. The van der Waals surface area contributed by atoms with E-state index >= 15 is 0 Å². The number of nitrogens with zero attached hydrogens (tertiary/aromatic N) is 1. The first-order chi connectivity index (χ1) is 11.8. The van der Waals surface area contributed by atoms with Crippen molar-refractivity contribution in [3.63, 3.8) is 0 Å². The number of anilines is 1. The van der Waals surface area contributed by atoms with E-state index in [0.29, 0.717) is 30.0 Å². The molecule has 2 aromatic carbocycles. The average Bonchev–Trinajstić information content (AvgIpc) is 2.57. The number of ether oxygens (including phenoxy) is 1. The fourth-order valence-electron chi connectivity index (χ4n) is 2.33. The number of hydrogen-bond donors (Lipinski definition) is 1. The van der Waals surface area contributed by atoms with Crippen LogP contribution in [-0.2, 0) is 17.9 Å². The van der Waals surface area contributed by atoms with Crippen molar-refractivity contribution in [3.05, 3.63) is 64.7 Å². The molecule has 2 aromatic rings. The molecule has 25 heavy (non-hydrogen) atoms. The van der Waals surface area contributed by atoms with Crippen LogP contribution in [0.1, 0.15) is 54.7 Å². The first-order valence-corrected chi connectivity index (χ1v) is 8.29. The molecule has 0 spiro atoms. The minimum atomic E-state index is -0.177. The minimum Gasteiger partial charge on any atom is -0.380 e. The molecule has 0 atom stereocenters. The quantitative estimate of drug-likeness (QED) is 0.778. The number of Topliss-reactive ketones (excluding diaryl/α,β-unsaturated/α-hetero) is 1. The number of carbonyl (C=O) groups excluding carboxylic acids is 1. The molecular formula is C21H24N2O2. The Morgan fingerprint density at radius 3 is 2.52 bits per heavy atom. The van der Waals surface area contributed by atoms with Gasteiger partial charge in [0.15, 0.2) is 5.78 Å². The molecule has 0 aliphatic rings. The van der Waals surface area contributed by atoms with Gasteiger partial charge in [-0.2, -0.15) is 5.26 Å². The number of ketones is 1. The molecule has 0 fully saturated rings. The highest BCUT2D eigenvalue weighted by atomic mass is 16.5. The van der Waals surface area contributed by atoms with E-state index in [4.69, 9.17) is 4.74 Å². The summed E-state index contributed by atoms with van der Waals surface area (Å²) in [5.41, 5.74) is 3.81. The van der Waals surface area contributed by atoms with Gasteiger partial charge in [-0.15, -0.1) is 0 Å². The molecule has 0 aliphatic carbocycles. The summed E-state index contributed by atoms with van der Waals surface area (Å²) < 4.78 is 5.81. The van der Waals surface area contributed by atoms with E-state index in [2.05, 4.69) is 17.5 Å². The first-order valence-electron chi connectivity index (χ1n) is 8.29. The summed E-state index contributed by atoms with van der Waals surface area (Å²) in [4.78, 5) is 11.5. The van der Waals surface area contributed by atoms with Crippen LogP contribution in [0.4, 0.5) is 5.69 Å². The zero-order chi connectivity index (χ0) is 18.4. The second-order valence-electron chi connectivity index (χ2n) is 7.00. The lowest BCUT2D eigenvalue weighted by Gasteiger charge is -2.19. The van der Waals surface area contributed by atoms with Crippen molar-refractivity contribution in [3.8, 4) is 6.07 Å². The van der Waals surface area contributed by atoms with Crippen molar-refractivity contribution in [2.45, 2.75) is 46.4 Å². The van der Waals surface area contributed by atoms with Gasteiger partial charge < -0.3 is 10.1 Å². The highest BCUT2D eigenvalue weighted by molar-refractivity contribution is 5.95. The van der Waals surface area contributed by atoms with E-state index in [9.17, 15) is 10.1 Å². The van der Waals surface area contributed by atoms with Crippen LogP contribution in [0.3, 0.4) is 0 Å². The average molecular weight is 336 g/mol. The molecule has 0 aliphatic heterocycles. The maximum atomic E-state index is 11.5. The van der Waals surface area contributed by atoms with Crippen LogP contribution in [0.2, 0.25) is 0 Å². The molecule has 130 valence electrons. The number of carbonyl (C=O) groups is 1. The third-order valence-electron chi connectivity index (χ3n) is 3.69. The lowest BCUT2D eigenvalue weighted by atomic mass is 10.1. The van der Waals surface area contributed by atoms with E-state index in [1.165, 1.54) is 6.92 Å². The third kappa shape index (κ3) is 5.74. The van der Waals surface area contributed by atoms with E-state index in [1.807, 2.05) is 39.0 Å². The molecule has 2 rings (SSSR count). The Hall–Kier alpha value is -2.64.